The minimum Gasteiger partial charge on any atom is -0.332 e. The fourth-order valence-electron chi connectivity index (χ4n) is 1.88. The monoisotopic (exact) mass is 228 g/mol. The molecule has 88 valence electrons. The summed E-state index contributed by atoms with van der Waals surface area (Å²) in [6.45, 7) is 1.95. The lowest BCUT2D eigenvalue weighted by Crippen LogP contribution is -2.18. The Labute approximate surface area is 101 Å². The van der Waals surface area contributed by atoms with Gasteiger partial charge in [0.05, 0.1) is 0 Å². The van der Waals surface area contributed by atoms with Gasteiger partial charge in [0, 0.05) is 25.4 Å². The maximum Gasteiger partial charge on any atom is 0.201 e. The Bertz CT molecular complexity index is 502. The fraction of sp³-hybridized carbons (Fsp3) is 0.286. The predicted octanol–water partition coefficient (Wildman–Crippen LogP) is 2.48. The van der Waals surface area contributed by atoms with E-state index in [0.717, 1.165) is 6.42 Å². The highest BCUT2D eigenvalue weighted by atomic mass is 16.1. The maximum atomic E-state index is 12.1. The number of rotatable bonds is 4. The number of imidazole rings is 1. The number of carbonyl (C=O) groups is 1. The van der Waals surface area contributed by atoms with E-state index in [2.05, 4.69) is 4.98 Å². The van der Waals surface area contributed by atoms with Gasteiger partial charge in [-0.1, -0.05) is 37.3 Å². The molecule has 0 aliphatic rings. The van der Waals surface area contributed by atoms with Crippen LogP contribution in [0.25, 0.3) is 0 Å². The van der Waals surface area contributed by atoms with Crippen LogP contribution in [-0.4, -0.2) is 15.3 Å². The van der Waals surface area contributed by atoms with Crippen LogP contribution in [0.2, 0.25) is 0 Å². The summed E-state index contributed by atoms with van der Waals surface area (Å²) >= 11 is 0. The molecule has 0 fully saturated rings. The largest absolute Gasteiger partial charge is 0.332 e. The molecule has 17 heavy (non-hydrogen) atoms. The second-order valence-corrected chi connectivity index (χ2v) is 4.32. The molecular weight excluding hydrogens is 212 g/mol. The number of benzene rings is 1. The van der Waals surface area contributed by atoms with Crippen molar-refractivity contribution in [2.24, 2.45) is 13.0 Å². The predicted molar refractivity (Wildman–Crippen MR) is 66.8 cm³/mol. The lowest BCUT2D eigenvalue weighted by atomic mass is 9.97. The summed E-state index contributed by atoms with van der Waals surface area (Å²) in [7, 11) is 1.84. The molecule has 3 nitrogen and oxygen atoms in total. The normalized spacial score (nSPS) is 12.4. The molecule has 0 aliphatic carbocycles. The topological polar surface area (TPSA) is 34.9 Å². The van der Waals surface area contributed by atoms with Crippen LogP contribution in [0.15, 0.2) is 42.7 Å². The third kappa shape index (κ3) is 2.61. The first-order chi connectivity index (χ1) is 8.18. The van der Waals surface area contributed by atoms with Crippen LogP contribution < -0.4 is 0 Å². The van der Waals surface area contributed by atoms with Crippen molar-refractivity contribution in [3.05, 3.63) is 54.1 Å². The average molecular weight is 228 g/mol. The van der Waals surface area contributed by atoms with Gasteiger partial charge < -0.3 is 4.57 Å². The van der Waals surface area contributed by atoms with Crippen LogP contribution in [0.4, 0.5) is 0 Å². The van der Waals surface area contributed by atoms with E-state index >= 15 is 0 Å². The van der Waals surface area contributed by atoms with Crippen LogP contribution in [0, 0.1) is 5.92 Å². The Morgan fingerprint density at radius 1 is 1.35 bits per heavy atom. The third-order valence-electron chi connectivity index (χ3n) is 2.87. The molecule has 2 aromatic rings. The van der Waals surface area contributed by atoms with Crippen LogP contribution in [0.3, 0.4) is 0 Å². The first kappa shape index (κ1) is 11.6. The number of hydrogen-bond donors (Lipinski definition) is 0. The number of hydrogen-bond acceptors (Lipinski definition) is 2. The smallest absolute Gasteiger partial charge is 0.201 e. The Morgan fingerprint density at radius 2 is 2.06 bits per heavy atom. The zero-order chi connectivity index (χ0) is 12.3. The molecule has 1 aromatic carbocycles. The van der Waals surface area contributed by atoms with Crippen LogP contribution in [0.1, 0.15) is 23.1 Å². The van der Waals surface area contributed by atoms with Crippen molar-refractivity contribution in [1.29, 1.82) is 0 Å². The number of carbonyl (C=O) groups excluding carboxylic acids is 1. The molecule has 0 spiro atoms. The molecule has 2 rings (SSSR count). The second-order valence-electron chi connectivity index (χ2n) is 4.32. The number of nitrogens with zero attached hydrogens (tertiary/aromatic N) is 2. The summed E-state index contributed by atoms with van der Waals surface area (Å²) in [5, 5.41) is 0. The molecular formula is C14H16N2O. The standard InChI is InChI=1S/C14H16N2O/c1-11(10-12-6-4-3-5-7-12)13(17)14-15-8-9-16(14)2/h3-9,11H,10H2,1-2H3/t11-/m0/s1. The van der Waals surface area contributed by atoms with Crippen LogP contribution in [0.5, 0.6) is 0 Å². The first-order valence-electron chi connectivity index (χ1n) is 5.74. The van der Waals surface area contributed by atoms with Gasteiger partial charge in [0.15, 0.2) is 5.82 Å². The highest BCUT2D eigenvalue weighted by Gasteiger charge is 2.18. The summed E-state index contributed by atoms with van der Waals surface area (Å²) in [6.07, 6.45) is 4.21. The highest BCUT2D eigenvalue weighted by molar-refractivity contribution is 5.94. The zero-order valence-electron chi connectivity index (χ0n) is 10.1. The van der Waals surface area contributed by atoms with E-state index < -0.39 is 0 Å². The van der Waals surface area contributed by atoms with Crippen molar-refractivity contribution in [1.82, 2.24) is 9.55 Å². The first-order valence-corrected chi connectivity index (χ1v) is 5.74. The van der Waals surface area contributed by atoms with E-state index in [4.69, 9.17) is 0 Å². The molecule has 0 unspecified atom stereocenters. The van der Waals surface area contributed by atoms with Gasteiger partial charge in [-0.15, -0.1) is 0 Å². The molecule has 1 heterocycles. The summed E-state index contributed by atoms with van der Waals surface area (Å²) < 4.78 is 1.77. The molecule has 0 saturated heterocycles. The molecule has 0 radical (unpaired) electrons. The number of ketones is 1. The Hall–Kier alpha value is -1.90. The van der Waals surface area contributed by atoms with E-state index in [9.17, 15) is 4.79 Å². The Balaban J connectivity index is 2.09. The zero-order valence-corrected chi connectivity index (χ0v) is 10.1. The summed E-state index contributed by atoms with van der Waals surface area (Å²) in [5.41, 5.74) is 1.18. The minimum atomic E-state index is -0.0431. The molecule has 0 saturated carbocycles. The van der Waals surface area contributed by atoms with Crippen molar-refractivity contribution in [2.45, 2.75) is 13.3 Å². The maximum absolute atomic E-state index is 12.1. The van der Waals surface area contributed by atoms with Gasteiger partial charge in [-0.05, 0) is 12.0 Å². The number of aryl methyl sites for hydroxylation is 1. The van der Waals surface area contributed by atoms with Crippen molar-refractivity contribution in [3.63, 3.8) is 0 Å². The lowest BCUT2D eigenvalue weighted by Gasteiger charge is -2.10. The second kappa shape index (κ2) is 4.95. The van der Waals surface area contributed by atoms with Gasteiger partial charge in [0.25, 0.3) is 0 Å². The van der Waals surface area contributed by atoms with E-state index in [1.165, 1.54) is 5.56 Å². The minimum absolute atomic E-state index is 0.0431. The molecule has 0 amide bonds. The Morgan fingerprint density at radius 3 is 2.65 bits per heavy atom. The van der Waals surface area contributed by atoms with Gasteiger partial charge in [-0.3, -0.25) is 4.79 Å². The third-order valence-corrected chi connectivity index (χ3v) is 2.87. The van der Waals surface area contributed by atoms with Gasteiger partial charge in [0.1, 0.15) is 0 Å². The van der Waals surface area contributed by atoms with E-state index in [-0.39, 0.29) is 11.7 Å². The highest BCUT2D eigenvalue weighted by Crippen LogP contribution is 2.13. The quantitative estimate of drug-likeness (QED) is 0.753. The molecule has 1 aromatic heterocycles. The lowest BCUT2D eigenvalue weighted by molar-refractivity contribution is 0.0915. The molecule has 3 heteroatoms. The average Bonchev–Trinajstić information content (AvgIpc) is 2.76. The molecule has 1 atom stereocenters. The number of Topliss-reactive ketones (excluding diaryl/α,β-unsaturated/α-hetero) is 1. The SMILES string of the molecule is C[C@@H](Cc1ccccc1)C(=O)c1nccn1C. The van der Waals surface area contributed by atoms with E-state index in [1.54, 1.807) is 17.0 Å². The van der Waals surface area contributed by atoms with Crippen molar-refractivity contribution in [3.8, 4) is 0 Å². The Kier molecular flexibility index (Phi) is 3.38. The fourth-order valence-corrected chi connectivity index (χ4v) is 1.88. The molecule has 0 aliphatic heterocycles. The molecule has 0 N–H and O–H groups in total. The van der Waals surface area contributed by atoms with Crippen molar-refractivity contribution in [2.75, 3.05) is 0 Å². The van der Waals surface area contributed by atoms with Gasteiger partial charge in [0.2, 0.25) is 5.78 Å². The molecule has 0 bridgehead atoms. The van der Waals surface area contributed by atoms with Gasteiger partial charge in [-0.2, -0.15) is 0 Å². The van der Waals surface area contributed by atoms with E-state index in [1.807, 2.05) is 44.3 Å². The van der Waals surface area contributed by atoms with Crippen molar-refractivity contribution < 1.29 is 4.79 Å². The van der Waals surface area contributed by atoms with Gasteiger partial charge in [-0.25, -0.2) is 4.98 Å². The number of aromatic nitrogens is 2. The van der Waals surface area contributed by atoms with Crippen LogP contribution in [-0.2, 0) is 13.5 Å². The van der Waals surface area contributed by atoms with Gasteiger partial charge >= 0.3 is 0 Å². The summed E-state index contributed by atoms with van der Waals surface area (Å²) in [5.74, 6) is 0.591. The van der Waals surface area contributed by atoms with Crippen molar-refractivity contribution >= 4 is 5.78 Å². The summed E-state index contributed by atoms with van der Waals surface area (Å²) in [4.78, 5) is 16.2. The van der Waals surface area contributed by atoms with Crippen LogP contribution >= 0.6 is 0 Å². The summed E-state index contributed by atoms with van der Waals surface area (Å²) in [6, 6.07) is 10.1. The van der Waals surface area contributed by atoms with E-state index in [0.29, 0.717) is 5.82 Å².